The van der Waals surface area contributed by atoms with Crippen molar-refractivity contribution in [2.75, 3.05) is 0 Å². The van der Waals surface area contributed by atoms with Gasteiger partial charge < -0.3 is 0 Å². The standard InChI is InChI=1S/C6H6S.C4H10/c7-6-4-2-1-3-5-6;1-4(2)3/h1-5,7H;4H,1-3H3. The second-order valence-electron chi connectivity index (χ2n) is 3.07. The molecule has 1 aromatic carbocycles. The smallest absolute Gasteiger partial charge is 0.00399 e. The van der Waals surface area contributed by atoms with Crippen molar-refractivity contribution in [3.63, 3.8) is 0 Å². The Morgan fingerprint density at radius 1 is 1.00 bits per heavy atom. The van der Waals surface area contributed by atoms with E-state index in [0.717, 1.165) is 10.8 Å². The van der Waals surface area contributed by atoms with Gasteiger partial charge in [0.15, 0.2) is 0 Å². The van der Waals surface area contributed by atoms with Gasteiger partial charge >= 0.3 is 0 Å². The van der Waals surface area contributed by atoms with Crippen molar-refractivity contribution in [1.29, 1.82) is 0 Å². The quantitative estimate of drug-likeness (QED) is 0.562. The van der Waals surface area contributed by atoms with E-state index in [-0.39, 0.29) is 0 Å². The van der Waals surface area contributed by atoms with Crippen molar-refractivity contribution >= 4 is 12.6 Å². The first kappa shape index (κ1) is 10.6. The molecule has 0 aliphatic rings. The molecule has 0 amide bonds. The lowest BCUT2D eigenvalue weighted by atomic mass is 10.3. The van der Waals surface area contributed by atoms with Crippen LogP contribution in [0.1, 0.15) is 20.8 Å². The topological polar surface area (TPSA) is 0 Å². The summed E-state index contributed by atoms with van der Waals surface area (Å²) in [6.45, 7) is 6.50. The fraction of sp³-hybridized carbons (Fsp3) is 0.400. The van der Waals surface area contributed by atoms with Crippen molar-refractivity contribution < 1.29 is 0 Å². The molecule has 1 rings (SSSR count). The predicted octanol–water partition coefficient (Wildman–Crippen LogP) is 3.64. The lowest BCUT2D eigenvalue weighted by Crippen LogP contribution is -1.66. The molecule has 0 unspecified atom stereocenters. The van der Waals surface area contributed by atoms with Crippen LogP contribution in [0.3, 0.4) is 0 Å². The van der Waals surface area contributed by atoms with Gasteiger partial charge in [0.2, 0.25) is 0 Å². The minimum absolute atomic E-state index is 0.833. The van der Waals surface area contributed by atoms with Gasteiger partial charge in [0.25, 0.3) is 0 Å². The molecule has 0 heterocycles. The molecule has 11 heavy (non-hydrogen) atoms. The molecule has 1 heteroatoms. The van der Waals surface area contributed by atoms with Gasteiger partial charge in [0.05, 0.1) is 0 Å². The molecule has 0 atom stereocenters. The van der Waals surface area contributed by atoms with Crippen LogP contribution >= 0.6 is 12.6 Å². The van der Waals surface area contributed by atoms with Crippen LogP contribution in [0.4, 0.5) is 0 Å². The minimum atomic E-state index is 0.833. The van der Waals surface area contributed by atoms with Crippen LogP contribution in [0.15, 0.2) is 35.2 Å². The van der Waals surface area contributed by atoms with Crippen LogP contribution < -0.4 is 0 Å². The first-order valence-electron chi connectivity index (χ1n) is 3.87. The SMILES string of the molecule is CC(C)C.Sc1ccccc1. The summed E-state index contributed by atoms with van der Waals surface area (Å²) in [5, 5.41) is 0. The first-order chi connectivity index (χ1) is 5.13. The van der Waals surface area contributed by atoms with Gasteiger partial charge in [0.1, 0.15) is 0 Å². The summed E-state index contributed by atoms with van der Waals surface area (Å²) >= 11 is 4.08. The Labute approximate surface area is 75.1 Å². The Hall–Kier alpha value is -0.430. The van der Waals surface area contributed by atoms with Crippen LogP contribution in [0.5, 0.6) is 0 Å². The van der Waals surface area contributed by atoms with Gasteiger partial charge in [-0.25, -0.2) is 0 Å². The van der Waals surface area contributed by atoms with Gasteiger partial charge in [-0.15, -0.1) is 12.6 Å². The molecule has 0 aliphatic heterocycles. The Morgan fingerprint density at radius 2 is 1.36 bits per heavy atom. The molecule has 0 saturated carbocycles. The summed E-state index contributed by atoms with van der Waals surface area (Å²) in [5.41, 5.74) is 0. The highest BCUT2D eigenvalue weighted by Gasteiger charge is 1.73. The van der Waals surface area contributed by atoms with E-state index in [0.29, 0.717) is 0 Å². The summed E-state index contributed by atoms with van der Waals surface area (Å²) in [6, 6.07) is 9.79. The summed E-state index contributed by atoms with van der Waals surface area (Å²) in [4.78, 5) is 1.02. The highest BCUT2D eigenvalue weighted by molar-refractivity contribution is 7.80. The van der Waals surface area contributed by atoms with E-state index < -0.39 is 0 Å². The lowest BCUT2D eigenvalue weighted by molar-refractivity contribution is 0.737. The number of hydrogen-bond donors (Lipinski definition) is 1. The molecule has 0 aromatic heterocycles. The normalized spacial score (nSPS) is 8.82. The monoisotopic (exact) mass is 168 g/mol. The molecule has 0 fully saturated rings. The summed E-state index contributed by atoms with van der Waals surface area (Å²) < 4.78 is 0. The third-order valence-electron chi connectivity index (χ3n) is 0.756. The van der Waals surface area contributed by atoms with E-state index in [1.807, 2.05) is 30.3 Å². The Balaban J connectivity index is 0.000000218. The Bertz CT molecular complexity index is 165. The third-order valence-corrected chi connectivity index (χ3v) is 1.05. The van der Waals surface area contributed by atoms with Crippen molar-refractivity contribution in [3.05, 3.63) is 30.3 Å². The molecule has 0 saturated heterocycles. The molecular formula is C10H16S. The van der Waals surface area contributed by atoms with E-state index in [1.54, 1.807) is 0 Å². The van der Waals surface area contributed by atoms with Gasteiger partial charge in [-0.2, -0.15) is 0 Å². The maximum atomic E-state index is 4.08. The lowest BCUT2D eigenvalue weighted by Gasteiger charge is -1.81. The maximum absolute atomic E-state index is 4.08. The molecule has 0 bridgehead atoms. The average Bonchev–Trinajstić information content (AvgIpc) is 1.87. The van der Waals surface area contributed by atoms with Gasteiger partial charge in [-0.1, -0.05) is 39.0 Å². The van der Waals surface area contributed by atoms with E-state index >= 15 is 0 Å². The Kier molecular flexibility index (Phi) is 6.05. The second-order valence-corrected chi connectivity index (χ2v) is 3.58. The van der Waals surface area contributed by atoms with E-state index in [9.17, 15) is 0 Å². The molecule has 0 radical (unpaired) electrons. The van der Waals surface area contributed by atoms with Gasteiger partial charge in [-0.3, -0.25) is 0 Å². The fourth-order valence-corrected chi connectivity index (χ4v) is 0.600. The van der Waals surface area contributed by atoms with Crippen LogP contribution in [-0.4, -0.2) is 0 Å². The molecule has 0 nitrogen and oxygen atoms in total. The zero-order valence-corrected chi connectivity index (χ0v) is 8.31. The fourth-order valence-electron chi connectivity index (χ4n) is 0.428. The zero-order chi connectivity index (χ0) is 8.69. The third kappa shape index (κ3) is 9.57. The molecule has 62 valence electrons. The van der Waals surface area contributed by atoms with Gasteiger partial charge in [-0.05, 0) is 18.1 Å². The van der Waals surface area contributed by atoms with Crippen LogP contribution in [0.25, 0.3) is 0 Å². The molecule has 0 N–H and O–H groups in total. The van der Waals surface area contributed by atoms with Crippen molar-refractivity contribution in [3.8, 4) is 0 Å². The predicted molar refractivity (Wildman–Crippen MR) is 54.2 cm³/mol. The van der Waals surface area contributed by atoms with E-state index in [4.69, 9.17) is 0 Å². The highest BCUT2D eigenvalue weighted by atomic mass is 32.1. The highest BCUT2D eigenvalue weighted by Crippen LogP contribution is 2.00. The van der Waals surface area contributed by atoms with Crippen molar-refractivity contribution in [2.45, 2.75) is 25.7 Å². The van der Waals surface area contributed by atoms with E-state index in [1.165, 1.54) is 0 Å². The van der Waals surface area contributed by atoms with Crippen LogP contribution in [0.2, 0.25) is 0 Å². The largest absolute Gasteiger partial charge is 0.143 e. The van der Waals surface area contributed by atoms with E-state index in [2.05, 4.69) is 33.4 Å². The number of hydrogen-bond acceptors (Lipinski definition) is 1. The van der Waals surface area contributed by atoms with Crippen LogP contribution in [-0.2, 0) is 0 Å². The zero-order valence-electron chi connectivity index (χ0n) is 7.41. The molecular weight excluding hydrogens is 152 g/mol. The summed E-state index contributed by atoms with van der Waals surface area (Å²) in [6.07, 6.45) is 0. The Morgan fingerprint density at radius 3 is 1.55 bits per heavy atom. The maximum Gasteiger partial charge on any atom is 0.00399 e. The second kappa shape index (κ2) is 6.29. The number of rotatable bonds is 0. The van der Waals surface area contributed by atoms with Crippen LogP contribution in [0, 0.1) is 5.92 Å². The minimum Gasteiger partial charge on any atom is -0.143 e. The number of thiol groups is 1. The summed E-state index contributed by atoms with van der Waals surface area (Å²) in [7, 11) is 0. The van der Waals surface area contributed by atoms with Gasteiger partial charge in [0, 0.05) is 4.90 Å². The molecule has 0 spiro atoms. The van der Waals surface area contributed by atoms with Crippen molar-refractivity contribution in [2.24, 2.45) is 5.92 Å². The average molecular weight is 168 g/mol. The molecule has 1 aromatic rings. The first-order valence-corrected chi connectivity index (χ1v) is 4.31. The molecule has 0 aliphatic carbocycles. The van der Waals surface area contributed by atoms with Crippen molar-refractivity contribution in [1.82, 2.24) is 0 Å². The number of benzene rings is 1. The summed E-state index contributed by atoms with van der Waals surface area (Å²) in [5.74, 6) is 0.833.